The second-order valence-corrected chi connectivity index (χ2v) is 13.4. The molecule has 0 atom stereocenters. The Morgan fingerprint density at radius 1 is 0.845 bits per heavy atom. The summed E-state index contributed by atoms with van der Waals surface area (Å²) >= 11 is 0. The molecule has 0 aliphatic heterocycles. The molecule has 0 spiro atoms. The fraction of sp³-hybridized carbons (Fsp3) is 0.149. The average Bonchev–Trinajstić information content (AvgIpc) is 3.59. The zero-order chi connectivity index (χ0) is 40.4. The summed E-state index contributed by atoms with van der Waals surface area (Å²) < 4.78 is 13.9. The summed E-state index contributed by atoms with van der Waals surface area (Å²) in [7, 11) is 0. The number of ether oxygens (including phenoxy) is 2. The number of carbonyl (C=O) groups is 1. The number of para-hydroxylation sites is 1. The Kier molecular flexibility index (Phi) is 11.9. The molecular weight excluding hydrogens is 729 g/mol. The maximum atomic E-state index is 13.2. The fourth-order valence-corrected chi connectivity index (χ4v) is 6.86. The number of fused-ring (bicyclic) bond motifs is 3. The smallest absolute Gasteiger partial charge is 0.348 e. The largest absolute Gasteiger partial charge is 0.489 e. The number of esters is 1. The molecule has 0 radical (unpaired) electrons. The number of hydrogen-bond acceptors (Lipinski definition) is 9. The highest BCUT2D eigenvalue weighted by Gasteiger charge is 2.16. The number of non-ortho nitro benzene ring substituents is 1. The lowest BCUT2D eigenvalue weighted by Crippen LogP contribution is -2.28. The van der Waals surface area contributed by atoms with E-state index in [0.717, 1.165) is 56.3 Å². The third-order valence-electron chi connectivity index (χ3n) is 9.83. The predicted molar refractivity (Wildman–Crippen MR) is 227 cm³/mol. The molecule has 7 rings (SSSR count). The predicted octanol–water partition coefficient (Wildman–Crippen LogP) is 11.4. The number of benzene rings is 6. The van der Waals surface area contributed by atoms with E-state index >= 15 is 0 Å². The SMILES string of the molecule is CCN(CCOC(=O)/C(C#N)=C/c1ccc2c(c1)c1ccccc1n2CC)c1ccc(N=Nc2ccc([N+](=O)[O-])cc2)c(-c2ccc(OCc3ccccc3)cc2)c1. The zero-order valence-corrected chi connectivity index (χ0v) is 32.1. The minimum atomic E-state index is -0.688. The van der Waals surface area contributed by atoms with E-state index in [1.165, 1.54) is 12.1 Å². The minimum Gasteiger partial charge on any atom is -0.489 e. The van der Waals surface area contributed by atoms with Crippen molar-refractivity contribution < 1.29 is 19.2 Å². The van der Waals surface area contributed by atoms with Crippen LogP contribution in [0.4, 0.5) is 22.7 Å². The number of carbonyl (C=O) groups excluding carboxylic acids is 1. The first kappa shape index (κ1) is 38.7. The van der Waals surface area contributed by atoms with Crippen molar-refractivity contribution in [2.24, 2.45) is 10.2 Å². The van der Waals surface area contributed by atoms with E-state index in [2.05, 4.69) is 38.8 Å². The zero-order valence-electron chi connectivity index (χ0n) is 32.1. The van der Waals surface area contributed by atoms with E-state index < -0.39 is 10.9 Å². The molecule has 288 valence electrons. The van der Waals surface area contributed by atoms with Crippen molar-refractivity contribution >= 4 is 56.6 Å². The number of likely N-dealkylation sites (N-methyl/N-ethyl adjacent to an activating group) is 1. The molecule has 0 aliphatic rings. The van der Waals surface area contributed by atoms with Crippen molar-refractivity contribution in [2.75, 3.05) is 24.6 Å². The maximum Gasteiger partial charge on any atom is 0.348 e. The third-order valence-corrected chi connectivity index (χ3v) is 9.83. The fourth-order valence-electron chi connectivity index (χ4n) is 6.86. The number of azo groups is 1. The van der Waals surface area contributed by atoms with Crippen molar-refractivity contribution in [1.82, 2.24) is 4.57 Å². The summed E-state index contributed by atoms with van der Waals surface area (Å²) in [6.07, 6.45) is 1.58. The highest BCUT2D eigenvalue weighted by Crippen LogP contribution is 2.36. The van der Waals surface area contributed by atoms with Crippen LogP contribution in [-0.4, -0.2) is 35.2 Å². The normalized spacial score (nSPS) is 11.5. The topological polar surface area (TPSA) is 135 Å². The molecule has 0 saturated heterocycles. The molecule has 7 aromatic rings. The van der Waals surface area contributed by atoms with Gasteiger partial charge in [-0.15, -0.1) is 5.11 Å². The Hall–Kier alpha value is -7.58. The Balaban J connectivity index is 1.08. The molecule has 0 amide bonds. The molecule has 0 unspecified atom stereocenters. The second kappa shape index (κ2) is 17.9. The minimum absolute atomic E-state index is 0.0297. The van der Waals surface area contributed by atoms with E-state index in [-0.39, 0.29) is 17.9 Å². The number of nitro benzene ring substituents is 1. The van der Waals surface area contributed by atoms with Gasteiger partial charge in [-0.2, -0.15) is 10.4 Å². The number of hydrogen-bond donors (Lipinski definition) is 0. The number of nitro groups is 1. The second-order valence-electron chi connectivity index (χ2n) is 13.4. The van der Waals surface area contributed by atoms with Gasteiger partial charge in [-0.1, -0.05) is 66.7 Å². The molecule has 1 aromatic heterocycles. The van der Waals surface area contributed by atoms with Crippen LogP contribution in [0.1, 0.15) is 25.0 Å². The molecule has 0 bridgehead atoms. The van der Waals surface area contributed by atoms with Gasteiger partial charge < -0.3 is 18.9 Å². The first-order valence-corrected chi connectivity index (χ1v) is 19.0. The quantitative estimate of drug-likeness (QED) is 0.0253. The van der Waals surface area contributed by atoms with Crippen molar-refractivity contribution in [3.8, 4) is 22.9 Å². The van der Waals surface area contributed by atoms with Gasteiger partial charge in [-0.3, -0.25) is 10.1 Å². The molecule has 11 nitrogen and oxygen atoms in total. The van der Waals surface area contributed by atoms with Gasteiger partial charge in [0.1, 0.15) is 30.6 Å². The van der Waals surface area contributed by atoms with Crippen LogP contribution < -0.4 is 9.64 Å². The first-order chi connectivity index (χ1) is 28.3. The maximum absolute atomic E-state index is 13.2. The van der Waals surface area contributed by atoms with Gasteiger partial charge in [0.25, 0.3) is 5.69 Å². The summed E-state index contributed by atoms with van der Waals surface area (Å²) in [5, 5.41) is 32.2. The molecule has 0 saturated carbocycles. The number of rotatable bonds is 15. The van der Waals surface area contributed by atoms with Crippen LogP contribution in [0.15, 0.2) is 155 Å². The van der Waals surface area contributed by atoms with Crippen LogP contribution >= 0.6 is 0 Å². The highest BCUT2D eigenvalue weighted by atomic mass is 16.6. The standard InChI is InChI=1S/C47H40N6O5/c1-3-51(26-27-57-47(54)36(31-48)28-34-14-25-46-43(29-34)41-12-8-9-13-45(41)52(46)4-2)39-21-24-44(50-49-37-17-19-38(20-18-37)53(55)56)42(30-39)35-15-22-40(23-16-35)58-32-33-10-6-5-7-11-33/h5-25,28-30H,3-4,26-27,32H2,1-2H3/b36-28+,50-49?. The van der Waals surface area contributed by atoms with Gasteiger partial charge in [0, 0.05) is 58.3 Å². The van der Waals surface area contributed by atoms with Gasteiger partial charge in [-0.05, 0) is 97.3 Å². The summed E-state index contributed by atoms with van der Waals surface area (Å²) in [6.45, 7) is 6.42. The van der Waals surface area contributed by atoms with Crippen LogP contribution in [0.2, 0.25) is 0 Å². The monoisotopic (exact) mass is 768 g/mol. The van der Waals surface area contributed by atoms with Crippen LogP contribution in [0.5, 0.6) is 5.75 Å². The number of aryl methyl sites for hydroxylation is 1. The lowest BCUT2D eigenvalue weighted by molar-refractivity contribution is -0.384. The van der Waals surface area contributed by atoms with E-state index in [1.54, 1.807) is 18.2 Å². The van der Waals surface area contributed by atoms with Crippen molar-refractivity contribution in [2.45, 2.75) is 27.0 Å². The molecule has 0 aliphatic carbocycles. The van der Waals surface area contributed by atoms with Gasteiger partial charge in [0.05, 0.1) is 22.8 Å². The van der Waals surface area contributed by atoms with E-state index in [1.807, 2.05) is 116 Å². The molecule has 1 heterocycles. The number of nitrogens with zero attached hydrogens (tertiary/aromatic N) is 6. The van der Waals surface area contributed by atoms with Crippen LogP contribution in [0, 0.1) is 21.4 Å². The molecule has 6 aromatic carbocycles. The van der Waals surface area contributed by atoms with Crippen LogP contribution in [-0.2, 0) is 22.7 Å². The van der Waals surface area contributed by atoms with Gasteiger partial charge in [0.15, 0.2) is 0 Å². The first-order valence-electron chi connectivity index (χ1n) is 19.0. The van der Waals surface area contributed by atoms with Gasteiger partial charge in [-0.25, -0.2) is 4.79 Å². The van der Waals surface area contributed by atoms with E-state index in [0.29, 0.717) is 36.8 Å². The van der Waals surface area contributed by atoms with E-state index in [9.17, 15) is 20.2 Å². The third kappa shape index (κ3) is 8.77. The summed E-state index contributed by atoms with van der Waals surface area (Å²) in [6, 6.07) is 45.5. The number of nitriles is 1. The molecule has 11 heteroatoms. The Bertz CT molecular complexity index is 2680. The molecule has 0 fully saturated rings. The van der Waals surface area contributed by atoms with Gasteiger partial charge >= 0.3 is 5.97 Å². The van der Waals surface area contributed by atoms with Crippen molar-refractivity contribution in [1.29, 1.82) is 5.26 Å². The summed E-state index contributed by atoms with van der Waals surface area (Å²) in [4.78, 5) is 25.9. The van der Waals surface area contributed by atoms with Crippen LogP contribution in [0.25, 0.3) is 39.0 Å². The molecule has 0 N–H and O–H groups in total. The van der Waals surface area contributed by atoms with Crippen molar-refractivity contribution in [3.63, 3.8) is 0 Å². The van der Waals surface area contributed by atoms with Crippen LogP contribution in [0.3, 0.4) is 0 Å². The Labute approximate surface area is 335 Å². The van der Waals surface area contributed by atoms with Gasteiger partial charge in [0.2, 0.25) is 0 Å². The van der Waals surface area contributed by atoms with Crippen molar-refractivity contribution in [3.05, 3.63) is 166 Å². The highest BCUT2D eigenvalue weighted by molar-refractivity contribution is 6.09. The molecular formula is C47H40N6O5. The Morgan fingerprint density at radius 3 is 2.31 bits per heavy atom. The summed E-state index contributed by atoms with van der Waals surface area (Å²) in [5.41, 5.74) is 7.51. The lowest BCUT2D eigenvalue weighted by atomic mass is 10.0. The van der Waals surface area contributed by atoms with E-state index in [4.69, 9.17) is 9.47 Å². The summed E-state index contributed by atoms with van der Waals surface area (Å²) in [5.74, 6) is 0.0251. The average molecular weight is 769 g/mol. The lowest BCUT2D eigenvalue weighted by Gasteiger charge is -2.24. The Morgan fingerprint density at radius 2 is 1.59 bits per heavy atom. The number of aromatic nitrogens is 1. The molecule has 58 heavy (non-hydrogen) atoms. The number of anilines is 1.